The van der Waals surface area contributed by atoms with Gasteiger partial charge in [-0.15, -0.1) is 0 Å². The van der Waals surface area contributed by atoms with E-state index in [9.17, 15) is 9.90 Å². The molecular formula is C16H28N4O2S. The smallest absolute Gasteiger partial charge is 0.263 e. The minimum atomic E-state index is -0.0255. The first kappa shape index (κ1) is 18.2. The number of nitrogens with one attached hydrogen (secondary N) is 1. The van der Waals surface area contributed by atoms with Crippen molar-refractivity contribution in [3.63, 3.8) is 0 Å². The number of anilines is 1. The molecule has 0 aliphatic carbocycles. The van der Waals surface area contributed by atoms with Gasteiger partial charge in [-0.25, -0.2) is 4.98 Å². The van der Waals surface area contributed by atoms with Crippen LogP contribution in [0.15, 0.2) is 0 Å². The number of carbonyl (C=O) groups is 1. The van der Waals surface area contributed by atoms with Crippen LogP contribution >= 0.6 is 11.3 Å². The number of nitrogens with zero attached hydrogens (tertiary/aromatic N) is 3. The minimum absolute atomic E-state index is 0.0255. The lowest BCUT2D eigenvalue weighted by atomic mass is 10.2. The van der Waals surface area contributed by atoms with E-state index < -0.39 is 0 Å². The van der Waals surface area contributed by atoms with Crippen molar-refractivity contribution in [2.45, 2.75) is 38.6 Å². The molecule has 0 aromatic carbocycles. The molecule has 1 aromatic heterocycles. The molecule has 1 unspecified atom stereocenters. The number of carbonyl (C=O) groups excluding carboxylic acids is 1. The lowest BCUT2D eigenvalue weighted by molar-refractivity contribution is 0.0955. The Morgan fingerprint density at radius 2 is 2.26 bits per heavy atom. The lowest BCUT2D eigenvalue weighted by Crippen LogP contribution is -2.33. The molecule has 2 rings (SSSR count). The maximum Gasteiger partial charge on any atom is 0.263 e. The number of amides is 1. The number of aromatic nitrogens is 1. The van der Waals surface area contributed by atoms with Crippen LogP contribution in [0.25, 0.3) is 0 Å². The van der Waals surface area contributed by atoms with Gasteiger partial charge in [0.15, 0.2) is 5.13 Å². The normalized spacial score (nSPS) is 18.3. The van der Waals surface area contributed by atoms with E-state index in [0.29, 0.717) is 17.5 Å². The second-order valence-corrected chi connectivity index (χ2v) is 7.26. The van der Waals surface area contributed by atoms with Crippen LogP contribution in [-0.2, 0) is 0 Å². The monoisotopic (exact) mass is 340 g/mol. The minimum Gasteiger partial charge on any atom is -0.395 e. The summed E-state index contributed by atoms with van der Waals surface area (Å²) in [4.78, 5) is 21.6. The SMILES string of the molecule is Cc1nc(N(C)C)sc1C(=O)NCCCCN1CCCC1CO. The zero-order valence-electron chi connectivity index (χ0n) is 14.3. The van der Waals surface area contributed by atoms with E-state index in [-0.39, 0.29) is 12.5 Å². The first-order chi connectivity index (χ1) is 11.0. The maximum absolute atomic E-state index is 12.2. The Balaban J connectivity index is 1.69. The summed E-state index contributed by atoms with van der Waals surface area (Å²) < 4.78 is 0. The van der Waals surface area contributed by atoms with E-state index in [1.165, 1.54) is 17.8 Å². The van der Waals surface area contributed by atoms with E-state index in [4.69, 9.17) is 0 Å². The highest BCUT2D eigenvalue weighted by molar-refractivity contribution is 7.17. The number of hydrogen-bond donors (Lipinski definition) is 2. The third-order valence-corrected chi connectivity index (χ3v) is 5.57. The van der Waals surface area contributed by atoms with Crippen molar-refractivity contribution < 1.29 is 9.90 Å². The Morgan fingerprint density at radius 1 is 1.48 bits per heavy atom. The molecule has 1 aromatic rings. The van der Waals surface area contributed by atoms with Crippen LogP contribution in [0, 0.1) is 6.92 Å². The summed E-state index contributed by atoms with van der Waals surface area (Å²) >= 11 is 1.43. The summed E-state index contributed by atoms with van der Waals surface area (Å²) in [6.07, 6.45) is 4.28. The molecule has 7 heteroatoms. The van der Waals surface area contributed by atoms with Gasteiger partial charge in [-0.05, 0) is 45.7 Å². The first-order valence-electron chi connectivity index (χ1n) is 8.30. The molecule has 2 N–H and O–H groups in total. The largest absolute Gasteiger partial charge is 0.395 e. The number of likely N-dealkylation sites (tertiary alicyclic amines) is 1. The van der Waals surface area contributed by atoms with E-state index in [1.54, 1.807) is 0 Å². The van der Waals surface area contributed by atoms with Crippen LogP contribution in [0.3, 0.4) is 0 Å². The third-order valence-electron chi connectivity index (χ3n) is 4.24. The van der Waals surface area contributed by atoms with Crippen LogP contribution in [-0.4, -0.2) is 67.3 Å². The molecule has 1 fully saturated rings. The Labute approximate surface area is 142 Å². The van der Waals surface area contributed by atoms with Crippen molar-refractivity contribution in [3.05, 3.63) is 10.6 Å². The number of aliphatic hydroxyl groups excluding tert-OH is 1. The highest BCUT2D eigenvalue weighted by Gasteiger charge is 2.22. The summed E-state index contributed by atoms with van der Waals surface area (Å²) in [5.74, 6) is -0.0255. The predicted molar refractivity (Wildman–Crippen MR) is 94.4 cm³/mol. The quantitative estimate of drug-likeness (QED) is 0.702. The van der Waals surface area contributed by atoms with Gasteiger partial charge in [0.05, 0.1) is 12.3 Å². The van der Waals surface area contributed by atoms with E-state index in [2.05, 4.69) is 15.2 Å². The fraction of sp³-hybridized carbons (Fsp3) is 0.750. The average Bonchev–Trinajstić information content (AvgIpc) is 3.12. The summed E-state index contributed by atoms with van der Waals surface area (Å²) in [5.41, 5.74) is 0.791. The molecule has 23 heavy (non-hydrogen) atoms. The summed E-state index contributed by atoms with van der Waals surface area (Å²) in [6, 6.07) is 0.342. The van der Waals surface area contributed by atoms with Gasteiger partial charge in [-0.2, -0.15) is 0 Å². The van der Waals surface area contributed by atoms with Crippen LogP contribution < -0.4 is 10.2 Å². The zero-order valence-corrected chi connectivity index (χ0v) is 15.2. The maximum atomic E-state index is 12.2. The Kier molecular flexibility index (Phi) is 6.80. The number of unbranched alkanes of at least 4 members (excludes halogenated alkanes) is 1. The molecular weight excluding hydrogens is 312 g/mol. The van der Waals surface area contributed by atoms with Gasteiger partial charge in [0.25, 0.3) is 5.91 Å². The average molecular weight is 340 g/mol. The molecule has 1 aliphatic rings. The van der Waals surface area contributed by atoms with Crippen molar-refractivity contribution in [2.24, 2.45) is 0 Å². The van der Waals surface area contributed by atoms with E-state index in [0.717, 1.165) is 43.2 Å². The second-order valence-electron chi connectivity index (χ2n) is 6.28. The van der Waals surface area contributed by atoms with Crippen molar-refractivity contribution in [1.82, 2.24) is 15.2 Å². The standard InChI is InChI=1S/C16H28N4O2S/c1-12-14(23-16(18-12)19(2)3)15(22)17-8-4-5-9-20-10-6-7-13(20)11-21/h13,21H,4-11H2,1-3H3,(H,17,22). The van der Waals surface area contributed by atoms with E-state index >= 15 is 0 Å². The van der Waals surface area contributed by atoms with Crippen molar-refractivity contribution in [3.8, 4) is 0 Å². The van der Waals surface area contributed by atoms with Crippen molar-refractivity contribution >= 4 is 22.4 Å². The third kappa shape index (κ3) is 4.89. The molecule has 2 heterocycles. The topological polar surface area (TPSA) is 68.7 Å². The molecule has 1 atom stereocenters. The number of hydrogen-bond acceptors (Lipinski definition) is 6. The number of aliphatic hydroxyl groups is 1. The molecule has 0 saturated carbocycles. The molecule has 0 bridgehead atoms. The zero-order chi connectivity index (χ0) is 16.8. The van der Waals surface area contributed by atoms with Crippen molar-refractivity contribution in [1.29, 1.82) is 0 Å². The van der Waals surface area contributed by atoms with Crippen LogP contribution in [0.1, 0.15) is 41.0 Å². The lowest BCUT2D eigenvalue weighted by Gasteiger charge is -2.22. The molecule has 1 saturated heterocycles. The molecule has 1 aliphatic heterocycles. The van der Waals surface area contributed by atoms with Crippen LogP contribution in [0.4, 0.5) is 5.13 Å². The molecule has 0 radical (unpaired) electrons. The van der Waals surface area contributed by atoms with Gasteiger partial charge in [0, 0.05) is 26.7 Å². The Morgan fingerprint density at radius 3 is 2.91 bits per heavy atom. The number of thiazole rings is 1. The summed E-state index contributed by atoms with van der Waals surface area (Å²) in [7, 11) is 3.86. The van der Waals surface area contributed by atoms with Gasteiger partial charge in [-0.1, -0.05) is 11.3 Å². The highest BCUT2D eigenvalue weighted by Crippen LogP contribution is 2.24. The van der Waals surface area contributed by atoms with Crippen LogP contribution in [0.5, 0.6) is 0 Å². The predicted octanol–water partition coefficient (Wildman–Crippen LogP) is 1.48. The second kappa shape index (κ2) is 8.61. The molecule has 6 nitrogen and oxygen atoms in total. The summed E-state index contributed by atoms with van der Waals surface area (Å²) in [6.45, 7) is 4.91. The number of rotatable bonds is 8. The molecule has 0 spiro atoms. The van der Waals surface area contributed by atoms with Crippen molar-refractivity contribution in [2.75, 3.05) is 45.2 Å². The highest BCUT2D eigenvalue weighted by atomic mass is 32.1. The molecule has 130 valence electrons. The van der Waals surface area contributed by atoms with E-state index in [1.807, 2.05) is 25.9 Å². The Bertz CT molecular complexity index is 518. The van der Waals surface area contributed by atoms with Gasteiger partial charge < -0.3 is 15.3 Å². The number of aryl methyl sites for hydroxylation is 1. The first-order valence-corrected chi connectivity index (χ1v) is 9.12. The van der Waals surface area contributed by atoms with Crippen LogP contribution in [0.2, 0.25) is 0 Å². The molecule has 1 amide bonds. The van der Waals surface area contributed by atoms with Gasteiger partial charge in [0.2, 0.25) is 0 Å². The fourth-order valence-corrected chi connectivity index (χ4v) is 3.81. The van der Waals surface area contributed by atoms with Gasteiger partial charge in [0.1, 0.15) is 4.88 Å². The van der Waals surface area contributed by atoms with Gasteiger partial charge >= 0.3 is 0 Å². The summed E-state index contributed by atoms with van der Waals surface area (Å²) in [5, 5.41) is 13.1. The fourth-order valence-electron chi connectivity index (χ4n) is 2.90. The van der Waals surface area contributed by atoms with Gasteiger partial charge in [-0.3, -0.25) is 9.69 Å². The Hall–Kier alpha value is -1.18.